The average molecular weight is 373 g/mol. The van der Waals surface area contributed by atoms with Gasteiger partial charge in [-0.3, -0.25) is 4.79 Å². The van der Waals surface area contributed by atoms with Gasteiger partial charge in [-0.15, -0.1) is 22.7 Å². The summed E-state index contributed by atoms with van der Waals surface area (Å²) >= 11 is 3.23. The zero-order valence-electron chi connectivity index (χ0n) is 14.2. The van der Waals surface area contributed by atoms with Crippen molar-refractivity contribution in [2.75, 3.05) is 6.61 Å². The third kappa shape index (κ3) is 4.67. The van der Waals surface area contributed by atoms with Gasteiger partial charge in [0.1, 0.15) is 10.8 Å². The molecule has 0 aliphatic carbocycles. The summed E-state index contributed by atoms with van der Waals surface area (Å²) in [6.07, 6.45) is 0.295. The van der Waals surface area contributed by atoms with E-state index in [9.17, 15) is 4.79 Å². The largest absolute Gasteiger partial charge is 0.494 e. The number of aromatic nitrogens is 1. The average Bonchev–Trinajstić information content (AvgIpc) is 3.27. The van der Waals surface area contributed by atoms with Gasteiger partial charge in [-0.1, -0.05) is 18.2 Å². The lowest BCUT2D eigenvalue weighted by Crippen LogP contribution is -2.28. The molecule has 2 aromatic heterocycles. The van der Waals surface area contributed by atoms with Crippen LogP contribution in [0.3, 0.4) is 0 Å². The van der Waals surface area contributed by atoms with Crippen LogP contribution >= 0.6 is 22.7 Å². The molecule has 3 aromatic rings. The number of amides is 1. The first-order valence-electron chi connectivity index (χ1n) is 8.16. The summed E-state index contributed by atoms with van der Waals surface area (Å²) in [4.78, 5) is 18.0. The molecular weight excluding hydrogens is 352 g/mol. The minimum absolute atomic E-state index is 0.0237. The topological polar surface area (TPSA) is 51.2 Å². The third-order valence-corrected chi connectivity index (χ3v) is 5.62. The number of benzene rings is 1. The fraction of sp³-hybridized carbons (Fsp3) is 0.263. The molecule has 2 heterocycles. The summed E-state index contributed by atoms with van der Waals surface area (Å²) in [5.74, 6) is 0.817. The smallest absolute Gasteiger partial charge is 0.226 e. The van der Waals surface area contributed by atoms with Crippen molar-refractivity contribution in [2.24, 2.45) is 0 Å². The van der Waals surface area contributed by atoms with E-state index in [2.05, 4.69) is 10.3 Å². The first-order valence-corrected chi connectivity index (χ1v) is 9.92. The zero-order chi connectivity index (χ0) is 17.6. The molecule has 0 aliphatic heterocycles. The Bertz CT molecular complexity index is 810. The van der Waals surface area contributed by atoms with Gasteiger partial charge in [0.25, 0.3) is 0 Å². The standard InChI is InChI=1S/C19H20N2O2S2/c1-3-23-16-8-6-14(7-9-16)13(2)20-18(22)11-15-12-25-19(21-15)17-5-4-10-24-17/h4-10,12-13H,3,11H2,1-2H3,(H,20,22)/t13-/m0/s1. The Kier molecular flexibility index (Phi) is 5.83. The number of thiophene rings is 1. The number of hydrogen-bond donors (Lipinski definition) is 1. The second-order valence-corrected chi connectivity index (χ2v) is 7.40. The molecule has 0 radical (unpaired) electrons. The van der Waals surface area contributed by atoms with E-state index >= 15 is 0 Å². The molecule has 0 spiro atoms. The second-order valence-electron chi connectivity index (χ2n) is 5.59. The normalized spacial score (nSPS) is 11.9. The Labute approximate surface area is 155 Å². The number of nitrogens with one attached hydrogen (secondary N) is 1. The molecule has 0 aliphatic rings. The van der Waals surface area contributed by atoms with Crippen LogP contribution in [0, 0.1) is 0 Å². The lowest BCUT2D eigenvalue weighted by molar-refractivity contribution is -0.121. The maximum absolute atomic E-state index is 12.3. The fourth-order valence-electron chi connectivity index (χ4n) is 2.46. The van der Waals surface area contributed by atoms with Crippen molar-refractivity contribution in [2.45, 2.75) is 26.3 Å². The van der Waals surface area contributed by atoms with Gasteiger partial charge >= 0.3 is 0 Å². The van der Waals surface area contributed by atoms with Crippen molar-refractivity contribution in [3.05, 3.63) is 58.4 Å². The highest BCUT2D eigenvalue weighted by molar-refractivity contribution is 7.20. The fourth-order valence-corrected chi connectivity index (χ4v) is 4.10. The molecule has 1 aromatic carbocycles. The van der Waals surface area contributed by atoms with Crippen LogP contribution in [0.15, 0.2) is 47.2 Å². The summed E-state index contributed by atoms with van der Waals surface area (Å²) in [6, 6.07) is 11.8. The first-order chi connectivity index (χ1) is 12.2. The summed E-state index contributed by atoms with van der Waals surface area (Å²) in [5, 5.41) is 7.98. The summed E-state index contributed by atoms with van der Waals surface area (Å²) < 4.78 is 5.44. The van der Waals surface area contributed by atoms with Gasteiger partial charge in [0.2, 0.25) is 5.91 Å². The molecule has 130 valence electrons. The Morgan fingerprint density at radius 2 is 2.04 bits per heavy atom. The Hall–Kier alpha value is -2.18. The summed E-state index contributed by atoms with van der Waals surface area (Å²) in [7, 11) is 0. The van der Waals surface area contributed by atoms with E-state index < -0.39 is 0 Å². The summed E-state index contributed by atoms with van der Waals surface area (Å²) in [5.41, 5.74) is 1.86. The van der Waals surface area contributed by atoms with Crippen LogP contribution in [0.1, 0.15) is 31.1 Å². The molecule has 1 atom stereocenters. The lowest BCUT2D eigenvalue weighted by atomic mass is 10.1. The first kappa shape index (κ1) is 17.6. The van der Waals surface area contributed by atoms with E-state index in [1.807, 2.05) is 61.0 Å². The third-order valence-electron chi connectivity index (χ3n) is 3.69. The van der Waals surface area contributed by atoms with Crippen molar-refractivity contribution < 1.29 is 9.53 Å². The van der Waals surface area contributed by atoms with Gasteiger partial charge in [0, 0.05) is 5.38 Å². The maximum atomic E-state index is 12.3. The van der Waals surface area contributed by atoms with Crippen molar-refractivity contribution in [1.82, 2.24) is 10.3 Å². The van der Waals surface area contributed by atoms with E-state index in [0.29, 0.717) is 13.0 Å². The van der Waals surface area contributed by atoms with Gasteiger partial charge in [0.05, 0.1) is 29.6 Å². The molecule has 0 saturated carbocycles. The van der Waals surface area contributed by atoms with Crippen molar-refractivity contribution >= 4 is 28.6 Å². The van der Waals surface area contributed by atoms with E-state index in [1.54, 1.807) is 22.7 Å². The molecule has 0 fully saturated rings. The number of ether oxygens (including phenoxy) is 1. The molecule has 3 rings (SSSR count). The number of hydrogen-bond acceptors (Lipinski definition) is 5. The van der Waals surface area contributed by atoms with Gasteiger partial charge in [-0.2, -0.15) is 0 Å². The van der Waals surface area contributed by atoms with Crippen LogP contribution in [0.25, 0.3) is 9.88 Å². The van der Waals surface area contributed by atoms with E-state index in [1.165, 1.54) is 0 Å². The zero-order valence-corrected chi connectivity index (χ0v) is 15.8. The number of nitrogens with zero attached hydrogens (tertiary/aromatic N) is 1. The van der Waals surface area contributed by atoms with E-state index in [-0.39, 0.29) is 11.9 Å². The monoisotopic (exact) mass is 372 g/mol. The van der Waals surface area contributed by atoms with Gasteiger partial charge in [-0.25, -0.2) is 4.98 Å². The highest BCUT2D eigenvalue weighted by Gasteiger charge is 2.13. The molecule has 6 heteroatoms. The highest BCUT2D eigenvalue weighted by Crippen LogP contribution is 2.28. The van der Waals surface area contributed by atoms with Crippen LogP contribution in [-0.4, -0.2) is 17.5 Å². The van der Waals surface area contributed by atoms with Crippen LogP contribution in [-0.2, 0) is 11.2 Å². The Morgan fingerprint density at radius 3 is 2.72 bits per heavy atom. The predicted molar refractivity (Wildman–Crippen MR) is 103 cm³/mol. The van der Waals surface area contributed by atoms with Gasteiger partial charge < -0.3 is 10.1 Å². The minimum Gasteiger partial charge on any atom is -0.494 e. The Morgan fingerprint density at radius 1 is 1.24 bits per heavy atom. The Balaban J connectivity index is 1.56. The second kappa shape index (κ2) is 8.27. The molecule has 0 unspecified atom stereocenters. The number of carbonyl (C=O) groups excluding carboxylic acids is 1. The van der Waals surface area contributed by atoms with Gasteiger partial charge in [0.15, 0.2) is 0 Å². The molecule has 0 bridgehead atoms. The molecule has 25 heavy (non-hydrogen) atoms. The van der Waals surface area contributed by atoms with Crippen LogP contribution < -0.4 is 10.1 Å². The van der Waals surface area contributed by atoms with Crippen molar-refractivity contribution in [3.8, 4) is 15.6 Å². The predicted octanol–water partition coefficient (Wildman–Crippen LogP) is 4.69. The SMILES string of the molecule is CCOc1ccc([C@H](C)NC(=O)Cc2csc(-c3cccs3)n2)cc1. The minimum atomic E-state index is -0.0569. The van der Waals surface area contributed by atoms with Crippen LogP contribution in [0.4, 0.5) is 0 Å². The van der Waals surface area contributed by atoms with Gasteiger partial charge in [-0.05, 0) is 43.0 Å². The maximum Gasteiger partial charge on any atom is 0.226 e. The number of thiazole rings is 1. The molecular formula is C19H20N2O2S2. The molecule has 1 amide bonds. The van der Waals surface area contributed by atoms with E-state index in [0.717, 1.165) is 26.9 Å². The number of carbonyl (C=O) groups is 1. The lowest BCUT2D eigenvalue weighted by Gasteiger charge is -2.14. The highest BCUT2D eigenvalue weighted by atomic mass is 32.1. The van der Waals surface area contributed by atoms with Crippen LogP contribution in [0.2, 0.25) is 0 Å². The quantitative estimate of drug-likeness (QED) is 0.654. The summed E-state index contributed by atoms with van der Waals surface area (Å²) in [6.45, 7) is 4.58. The number of rotatable bonds is 7. The van der Waals surface area contributed by atoms with Crippen molar-refractivity contribution in [1.29, 1.82) is 0 Å². The molecule has 0 saturated heterocycles. The molecule has 4 nitrogen and oxygen atoms in total. The van der Waals surface area contributed by atoms with Crippen LogP contribution in [0.5, 0.6) is 5.75 Å². The van der Waals surface area contributed by atoms with Crippen molar-refractivity contribution in [3.63, 3.8) is 0 Å². The molecule has 1 N–H and O–H groups in total. The van der Waals surface area contributed by atoms with E-state index in [4.69, 9.17) is 4.74 Å².